The summed E-state index contributed by atoms with van der Waals surface area (Å²) in [4.78, 5) is 26.4. The minimum Gasteiger partial charge on any atom is -0.493 e. The largest absolute Gasteiger partial charge is 0.493 e. The molecular weight excluding hydrogens is 551 g/mol. The third-order valence-corrected chi connectivity index (χ3v) is 7.97. The van der Waals surface area contributed by atoms with Crippen LogP contribution in [0.2, 0.25) is 10.0 Å². The SMILES string of the molecule is CCCCC1C(CC=O)=C(N(CCOc2ccc(OC)c(OC)c2)C(C)=O)N1S(=O)c1cc(Cl)cc(Cl)c1. The van der Waals surface area contributed by atoms with Gasteiger partial charge in [-0.05, 0) is 36.8 Å². The molecule has 0 aliphatic carbocycles. The number of amides is 1. The van der Waals surface area contributed by atoms with Crippen molar-refractivity contribution < 1.29 is 28.0 Å². The topological polar surface area (TPSA) is 85.4 Å². The lowest BCUT2D eigenvalue weighted by atomic mass is 9.92. The number of hydrogen-bond acceptors (Lipinski definition) is 6. The van der Waals surface area contributed by atoms with E-state index < -0.39 is 11.0 Å². The highest BCUT2D eigenvalue weighted by Crippen LogP contribution is 2.41. The van der Waals surface area contributed by atoms with Crippen LogP contribution in [0.25, 0.3) is 0 Å². The molecule has 1 aliphatic rings. The highest BCUT2D eigenvalue weighted by atomic mass is 35.5. The number of ether oxygens (including phenoxy) is 3. The van der Waals surface area contributed by atoms with Crippen molar-refractivity contribution in [2.75, 3.05) is 27.4 Å². The van der Waals surface area contributed by atoms with Gasteiger partial charge in [0.05, 0.1) is 31.7 Å². The molecule has 1 amide bonds. The first-order valence-corrected chi connectivity index (χ1v) is 14.1. The molecule has 2 aromatic carbocycles. The summed E-state index contributed by atoms with van der Waals surface area (Å²) >= 11 is 12.4. The number of nitrogens with zero attached hydrogens (tertiary/aromatic N) is 2. The molecule has 2 atom stereocenters. The highest BCUT2D eigenvalue weighted by molar-refractivity contribution is 7.83. The molecule has 0 saturated heterocycles. The number of rotatable bonds is 14. The van der Waals surface area contributed by atoms with Crippen LogP contribution in [0.1, 0.15) is 39.5 Å². The maximum absolute atomic E-state index is 13.8. The Morgan fingerprint density at radius 2 is 1.79 bits per heavy atom. The Balaban J connectivity index is 1.91. The summed E-state index contributed by atoms with van der Waals surface area (Å²) in [6.07, 6.45) is 3.43. The second kappa shape index (κ2) is 13.9. The van der Waals surface area contributed by atoms with Crippen LogP contribution < -0.4 is 14.2 Å². The summed E-state index contributed by atoms with van der Waals surface area (Å²) < 4.78 is 32.0. The average Bonchev–Trinajstić information content (AvgIpc) is 2.88. The van der Waals surface area contributed by atoms with E-state index in [1.807, 2.05) is 0 Å². The Morgan fingerprint density at radius 1 is 1.11 bits per heavy atom. The standard InChI is InChI=1S/C27H32Cl2N2O6S/c1-5-6-7-24-23(10-12-32)27(31(24)38(34)22-15-19(28)14-20(29)16-22)30(18(2)33)11-13-37-21-8-9-25(35-3)26(17-21)36-4/h8-9,12,14-17,24H,5-7,10-11,13H2,1-4H3. The molecule has 0 aromatic heterocycles. The smallest absolute Gasteiger partial charge is 0.225 e. The van der Waals surface area contributed by atoms with Gasteiger partial charge in [-0.25, -0.2) is 4.21 Å². The van der Waals surface area contributed by atoms with E-state index in [4.69, 9.17) is 37.4 Å². The molecule has 0 N–H and O–H groups in total. The van der Waals surface area contributed by atoms with Crippen LogP contribution in [0.4, 0.5) is 0 Å². The quantitative estimate of drug-likeness (QED) is 0.268. The van der Waals surface area contributed by atoms with Crippen LogP contribution in [0, 0.1) is 0 Å². The van der Waals surface area contributed by atoms with Gasteiger partial charge in [-0.1, -0.05) is 43.0 Å². The summed E-state index contributed by atoms with van der Waals surface area (Å²) in [5.74, 6) is 1.82. The molecule has 11 heteroatoms. The van der Waals surface area contributed by atoms with Crippen molar-refractivity contribution >= 4 is 46.4 Å². The van der Waals surface area contributed by atoms with Crippen LogP contribution in [0.3, 0.4) is 0 Å². The number of benzene rings is 2. The Morgan fingerprint density at radius 3 is 2.37 bits per heavy atom. The molecule has 38 heavy (non-hydrogen) atoms. The van der Waals surface area contributed by atoms with Gasteiger partial charge in [-0.2, -0.15) is 0 Å². The second-order valence-electron chi connectivity index (χ2n) is 8.59. The zero-order valence-electron chi connectivity index (χ0n) is 21.9. The zero-order valence-corrected chi connectivity index (χ0v) is 24.2. The fraction of sp³-hybridized carbons (Fsp3) is 0.407. The number of unbranched alkanes of at least 4 members (excludes halogenated alkanes) is 1. The average molecular weight is 584 g/mol. The maximum atomic E-state index is 13.8. The monoisotopic (exact) mass is 582 g/mol. The summed E-state index contributed by atoms with van der Waals surface area (Å²) in [5, 5.41) is 0.716. The molecule has 2 aromatic rings. The summed E-state index contributed by atoms with van der Waals surface area (Å²) in [7, 11) is 1.37. The number of aldehydes is 1. The van der Waals surface area contributed by atoms with Gasteiger partial charge in [0.1, 0.15) is 24.5 Å². The van der Waals surface area contributed by atoms with Crippen molar-refractivity contribution in [2.45, 2.75) is 50.5 Å². The number of carbonyl (C=O) groups is 2. The molecule has 0 fully saturated rings. The number of hydrogen-bond donors (Lipinski definition) is 0. The molecule has 1 aliphatic heterocycles. The molecular formula is C27H32Cl2N2O6S. The third kappa shape index (κ3) is 6.81. The van der Waals surface area contributed by atoms with Gasteiger partial charge in [0.2, 0.25) is 5.91 Å². The van der Waals surface area contributed by atoms with E-state index in [0.717, 1.165) is 24.7 Å². The maximum Gasteiger partial charge on any atom is 0.225 e. The van der Waals surface area contributed by atoms with Crippen molar-refractivity contribution in [1.82, 2.24) is 9.21 Å². The van der Waals surface area contributed by atoms with Crippen molar-refractivity contribution in [2.24, 2.45) is 0 Å². The first-order valence-electron chi connectivity index (χ1n) is 12.2. The Bertz CT molecular complexity index is 1200. The van der Waals surface area contributed by atoms with Crippen LogP contribution in [0.15, 0.2) is 52.7 Å². The Kier molecular flexibility index (Phi) is 10.9. The predicted octanol–water partition coefficient (Wildman–Crippen LogP) is 5.64. The molecule has 206 valence electrons. The predicted molar refractivity (Wildman–Crippen MR) is 148 cm³/mol. The second-order valence-corrected chi connectivity index (χ2v) is 10.8. The molecule has 8 nitrogen and oxygen atoms in total. The highest BCUT2D eigenvalue weighted by Gasteiger charge is 2.44. The molecule has 1 heterocycles. The van der Waals surface area contributed by atoms with E-state index in [9.17, 15) is 13.8 Å². The minimum absolute atomic E-state index is 0.133. The van der Waals surface area contributed by atoms with Crippen molar-refractivity contribution in [3.8, 4) is 17.2 Å². The van der Waals surface area contributed by atoms with E-state index >= 15 is 0 Å². The lowest BCUT2D eigenvalue weighted by molar-refractivity contribution is -0.128. The van der Waals surface area contributed by atoms with Crippen molar-refractivity contribution in [1.29, 1.82) is 0 Å². The van der Waals surface area contributed by atoms with Crippen molar-refractivity contribution in [3.63, 3.8) is 0 Å². The van der Waals surface area contributed by atoms with Crippen LogP contribution in [-0.2, 0) is 20.6 Å². The summed E-state index contributed by atoms with van der Waals surface area (Å²) in [5.41, 5.74) is 0.774. The summed E-state index contributed by atoms with van der Waals surface area (Å²) in [6, 6.07) is 9.65. The van der Waals surface area contributed by atoms with Crippen LogP contribution in [-0.4, -0.2) is 59.0 Å². The van der Waals surface area contributed by atoms with Gasteiger partial charge < -0.3 is 19.0 Å². The van der Waals surface area contributed by atoms with Crippen LogP contribution in [0.5, 0.6) is 17.2 Å². The fourth-order valence-corrected chi connectivity index (χ4v) is 6.50. The van der Waals surface area contributed by atoms with E-state index in [1.54, 1.807) is 47.8 Å². The van der Waals surface area contributed by atoms with Gasteiger partial charge in [0.25, 0.3) is 0 Å². The van der Waals surface area contributed by atoms with Gasteiger partial charge in [0, 0.05) is 35.0 Å². The van der Waals surface area contributed by atoms with E-state index in [0.29, 0.717) is 44.4 Å². The fourth-order valence-electron chi connectivity index (χ4n) is 4.32. The minimum atomic E-state index is -1.71. The summed E-state index contributed by atoms with van der Waals surface area (Å²) in [6.45, 7) is 3.81. The van der Waals surface area contributed by atoms with E-state index in [1.165, 1.54) is 18.9 Å². The lowest BCUT2D eigenvalue weighted by Gasteiger charge is -2.48. The van der Waals surface area contributed by atoms with Gasteiger partial charge in [-0.15, -0.1) is 0 Å². The van der Waals surface area contributed by atoms with Gasteiger partial charge >= 0.3 is 0 Å². The van der Waals surface area contributed by atoms with Crippen LogP contribution >= 0.6 is 23.2 Å². The number of methoxy groups -OCH3 is 2. The van der Waals surface area contributed by atoms with E-state index in [-0.39, 0.29) is 31.5 Å². The molecule has 0 bridgehead atoms. The first kappa shape index (κ1) is 29.8. The number of halogens is 2. The Labute approximate surface area is 236 Å². The Hall–Kier alpha value is -2.75. The molecule has 0 spiro atoms. The van der Waals surface area contributed by atoms with Gasteiger partial charge in [0.15, 0.2) is 22.5 Å². The van der Waals surface area contributed by atoms with Crippen molar-refractivity contribution in [3.05, 3.63) is 57.8 Å². The third-order valence-electron chi connectivity index (χ3n) is 6.11. The van der Waals surface area contributed by atoms with Gasteiger partial charge in [-0.3, -0.25) is 14.0 Å². The first-order chi connectivity index (χ1) is 18.2. The molecule has 3 rings (SSSR count). The normalized spacial score (nSPS) is 15.5. The molecule has 2 unspecified atom stereocenters. The number of carbonyl (C=O) groups excluding carboxylic acids is 2. The van der Waals surface area contributed by atoms with E-state index in [2.05, 4.69) is 6.92 Å². The lowest BCUT2D eigenvalue weighted by Crippen LogP contribution is -2.55. The molecule has 0 radical (unpaired) electrons. The molecule has 0 saturated carbocycles. The zero-order chi connectivity index (χ0) is 27.8.